The minimum Gasteiger partial charge on any atom is -0.348 e. The van der Waals surface area contributed by atoms with Gasteiger partial charge in [0, 0.05) is 22.8 Å². The Kier molecular flexibility index (Phi) is 13.8. The smallest absolute Gasteiger partial charge is 0.251 e. The van der Waals surface area contributed by atoms with E-state index in [0.29, 0.717) is 17.1 Å². The number of anilines is 1. The monoisotopic (exact) mass is 491 g/mol. The Morgan fingerprint density at radius 2 is 1.71 bits per heavy atom. The van der Waals surface area contributed by atoms with Crippen LogP contribution in [0.5, 0.6) is 0 Å². The third kappa shape index (κ3) is 11.5. The molecule has 0 saturated heterocycles. The van der Waals surface area contributed by atoms with Crippen LogP contribution in [0.2, 0.25) is 0 Å². The summed E-state index contributed by atoms with van der Waals surface area (Å²) in [7, 11) is 0. The Hall–Kier alpha value is -3.37. The first-order valence-electron chi connectivity index (χ1n) is 11.9. The van der Waals surface area contributed by atoms with Gasteiger partial charge in [0.2, 0.25) is 0 Å². The molecule has 4 nitrogen and oxygen atoms in total. The molecular weight excluding hydrogens is 454 g/mol. The van der Waals surface area contributed by atoms with E-state index in [9.17, 15) is 4.79 Å². The van der Waals surface area contributed by atoms with Gasteiger partial charge in [-0.15, -0.1) is 0 Å². The van der Waals surface area contributed by atoms with Crippen molar-refractivity contribution >= 4 is 29.0 Å². The Bertz CT molecular complexity index is 1080. The molecule has 2 N–H and O–H groups in total. The lowest BCUT2D eigenvalue weighted by Gasteiger charge is -2.10. The Morgan fingerprint density at radius 1 is 1.03 bits per heavy atom. The lowest BCUT2D eigenvalue weighted by molar-refractivity contribution is 0.0957. The molecule has 0 unspecified atom stereocenters. The highest BCUT2D eigenvalue weighted by atomic mass is 35.5. The van der Waals surface area contributed by atoms with E-state index in [1.165, 1.54) is 5.57 Å². The van der Waals surface area contributed by atoms with Crippen molar-refractivity contribution in [1.29, 1.82) is 0 Å². The normalized spacial score (nSPS) is 14.0. The number of carbonyl (C=O) groups is 1. The van der Waals surface area contributed by atoms with Crippen LogP contribution in [-0.2, 0) is 0 Å². The topological polar surface area (TPSA) is 53.5 Å². The van der Waals surface area contributed by atoms with Gasteiger partial charge in [0.05, 0.1) is 5.70 Å². The number of nitrogens with zero attached hydrogens (tertiary/aromatic N) is 1. The zero-order valence-electron chi connectivity index (χ0n) is 21.8. The number of hydrogen-bond acceptors (Lipinski definition) is 2. The quantitative estimate of drug-likeness (QED) is 0.218. The lowest BCUT2D eigenvalue weighted by Crippen LogP contribution is -2.25. The zero-order chi connectivity index (χ0) is 26.2. The molecule has 35 heavy (non-hydrogen) atoms. The van der Waals surface area contributed by atoms with Crippen molar-refractivity contribution in [2.75, 3.05) is 11.9 Å². The molecule has 1 aromatic carbocycles. The van der Waals surface area contributed by atoms with Crippen molar-refractivity contribution in [2.45, 2.75) is 48.0 Å². The fourth-order valence-electron chi connectivity index (χ4n) is 2.92. The summed E-state index contributed by atoms with van der Waals surface area (Å²) in [6.45, 7) is 16.3. The maximum absolute atomic E-state index is 12.4. The van der Waals surface area contributed by atoms with Gasteiger partial charge in [0.1, 0.15) is 5.84 Å². The highest BCUT2D eigenvalue weighted by molar-refractivity contribution is 6.31. The van der Waals surface area contributed by atoms with Gasteiger partial charge in [-0.1, -0.05) is 79.6 Å². The van der Waals surface area contributed by atoms with Crippen molar-refractivity contribution in [3.8, 4) is 0 Å². The van der Waals surface area contributed by atoms with Crippen LogP contribution < -0.4 is 10.6 Å². The number of allylic oxidation sites excluding steroid dienone is 10. The van der Waals surface area contributed by atoms with Crippen LogP contribution in [0.1, 0.15) is 58.3 Å². The third-order valence-corrected chi connectivity index (χ3v) is 4.91. The maximum Gasteiger partial charge on any atom is 0.251 e. The van der Waals surface area contributed by atoms with E-state index in [2.05, 4.69) is 23.3 Å². The van der Waals surface area contributed by atoms with Gasteiger partial charge in [-0.3, -0.25) is 4.79 Å². The van der Waals surface area contributed by atoms with Crippen molar-refractivity contribution in [1.82, 2.24) is 5.32 Å². The molecule has 1 aliphatic carbocycles. The summed E-state index contributed by atoms with van der Waals surface area (Å²) in [5.41, 5.74) is 5.53. The largest absolute Gasteiger partial charge is 0.348 e. The second-order valence-corrected chi connectivity index (χ2v) is 8.38. The minimum absolute atomic E-state index is 0.104. The van der Waals surface area contributed by atoms with Gasteiger partial charge in [0.25, 0.3) is 5.91 Å². The summed E-state index contributed by atoms with van der Waals surface area (Å²) in [6.07, 6.45) is 16.2. The van der Waals surface area contributed by atoms with Crippen molar-refractivity contribution in [3.05, 3.63) is 112 Å². The van der Waals surface area contributed by atoms with Gasteiger partial charge in [-0.25, -0.2) is 4.99 Å². The Labute approximate surface area is 216 Å². The predicted molar refractivity (Wildman–Crippen MR) is 154 cm³/mol. The zero-order valence-corrected chi connectivity index (χ0v) is 22.5. The van der Waals surface area contributed by atoms with Gasteiger partial charge in [-0.2, -0.15) is 0 Å². The van der Waals surface area contributed by atoms with Crippen LogP contribution in [0, 0.1) is 0 Å². The molecule has 2 rings (SSSR count). The van der Waals surface area contributed by atoms with Crippen LogP contribution >= 0.6 is 11.6 Å². The molecule has 186 valence electrons. The van der Waals surface area contributed by atoms with Crippen LogP contribution in [-0.4, -0.2) is 18.3 Å². The molecule has 0 aromatic heterocycles. The summed E-state index contributed by atoms with van der Waals surface area (Å²) < 4.78 is 0. The number of rotatable bonds is 8. The van der Waals surface area contributed by atoms with E-state index in [1.807, 2.05) is 90.1 Å². The van der Waals surface area contributed by atoms with Crippen molar-refractivity contribution in [2.24, 2.45) is 4.99 Å². The fourth-order valence-corrected chi connectivity index (χ4v) is 3.07. The molecule has 1 amide bonds. The second-order valence-electron chi connectivity index (χ2n) is 7.94. The highest BCUT2D eigenvalue weighted by Gasteiger charge is 2.07. The summed E-state index contributed by atoms with van der Waals surface area (Å²) in [5.74, 6) is 0.616. The molecule has 1 aromatic rings. The molecule has 0 spiro atoms. The number of amides is 1. The van der Waals surface area contributed by atoms with Crippen molar-refractivity contribution < 1.29 is 4.79 Å². The number of carbonyl (C=O) groups excluding carboxylic acids is 1. The van der Waals surface area contributed by atoms with Gasteiger partial charge in [-0.05, 0) is 76.1 Å². The average molecular weight is 492 g/mol. The molecule has 1 aliphatic rings. The molecule has 0 saturated carbocycles. The van der Waals surface area contributed by atoms with Crippen LogP contribution in [0.25, 0.3) is 0 Å². The van der Waals surface area contributed by atoms with E-state index in [0.717, 1.165) is 34.8 Å². The summed E-state index contributed by atoms with van der Waals surface area (Å²) in [4.78, 5) is 17.1. The van der Waals surface area contributed by atoms with E-state index in [-0.39, 0.29) is 5.91 Å². The average Bonchev–Trinajstić information content (AvgIpc) is 3.07. The Balaban J connectivity index is 0.00000298. The molecule has 0 aliphatic heterocycles. The van der Waals surface area contributed by atoms with Gasteiger partial charge < -0.3 is 10.6 Å². The summed E-state index contributed by atoms with van der Waals surface area (Å²) in [6, 6.07) is 7.33. The number of amidine groups is 1. The fraction of sp³-hybridized carbons (Fsp3) is 0.267. The molecule has 0 heterocycles. The first kappa shape index (κ1) is 29.7. The van der Waals surface area contributed by atoms with E-state index >= 15 is 0 Å². The Morgan fingerprint density at radius 3 is 2.34 bits per heavy atom. The van der Waals surface area contributed by atoms with E-state index < -0.39 is 0 Å². The number of nitrogens with one attached hydrogen (secondary N) is 2. The number of benzene rings is 1. The number of hydrogen-bond donors (Lipinski definition) is 2. The third-order valence-electron chi connectivity index (χ3n) is 4.63. The minimum atomic E-state index is -0.104. The first-order valence-corrected chi connectivity index (χ1v) is 12.2. The molecule has 0 bridgehead atoms. The van der Waals surface area contributed by atoms with Gasteiger partial charge in [0.15, 0.2) is 0 Å². The SMILES string of the molecule is C=C/C=C(\N=C(C)Nc1ccc(C(=O)NC/C(C)=C/C=C(C)C)cc1)C1=CCC=C(Cl)C=C1.CC. The van der Waals surface area contributed by atoms with Crippen molar-refractivity contribution in [3.63, 3.8) is 0 Å². The standard InChI is InChI=1S/C28H32ClN3O.C2H6/c1-6-8-27(23-9-7-10-25(29)16-13-23)32-22(5)31-26-17-14-24(15-18-26)28(33)30-19-21(4)12-11-20(2)3;1-2/h6,8-18H,1,7,19H2,2-5H3,(H,30,33)(H,31,32);1-2H3/b21-12+,27-8-;. The van der Waals surface area contributed by atoms with E-state index in [1.54, 1.807) is 18.2 Å². The van der Waals surface area contributed by atoms with E-state index in [4.69, 9.17) is 16.6 Å². The number of halogens is 1. The molecule has 0 atom stereocenters. The van der Waals surface area contributed by atoms with Crippen LogP contribution in [0.4, 0.5) is 5.69 Å². The second kappa shape index (κ2) is 16.3. The highest BCUT2D eigenvalue weighted by Crippen LogP contribution is 2.21. The predicted octanol–water partition coefficient (Wildman–Crippen LogP) is 8.26. The molecule has 0 fully saturated rings. The molecule has 5 heteroatoms. The van der Waals surface area contributed by atoms with Crippen LogP contribution in [0.15, 0.2) is 112 Å². The molecule has 0 radical (unpaired) electrons. The van der Waals surface area contributed by atoms with Crippen LogP contribution in [0.3, 0.4) is 0 Å². The summed E-state index contributed by atoms with van der Waals surface area (Å²) >= 11 is 6.10. The number of aliphatic imine (C=N–C) groups is 1. The molecular formula is C30H38ClN3O. The summed E-state index contributed by atoms with van der Waals surface area (Å²) in [5, 5.41) is 6.93. The maximum atomic E-state index is 12.4. The first-order chi connectivity index (χ1) is 16.8. The van der Waals surface area contributed by atoms with Gasteiger partial charge >= 0.3 is 0 Å². The lowest BCUT2D eigenvalue weighted by atomic mass is 10.1.